The van der Waals surface area contributed by atoms with Crippen LogP contribution >= 0.6 is 0 Å². The summed E-state index contributed by atoms with van der Waals surface area (Å²) in [5, 5.41) is 10.3. The number of hydrogen-bond donors (Lipinski definition) is 0. The van der Waals surface area contributed by atoms with Crippen LogP contribution in [0.4, 0.5) is 17.1 Å². The number of benzene rings is 9. The Hall–Kier alpha value is -6.18. The first kappa shape index (κ1) is 30.4. The van der Waals surface area contributed by atoms with Crippen LogP contribution < -0.4 is 4.90 Å². The molecule has 9 aromatic rings. The summed E-state index contributed by atoms with van der Waals surface area (Å²) in [7, 11) is 0. The molecule has 0 saturated carbocycles. The van der Waals surface area contributed by atoms with Crippen LogP contribution in [0.5, 0.6) is 0 Å². The zero-order valence-electron chi connectivity index (χ0n) is 30.5. The first-order chi connectivity index (χ1) is 25.8. The lowest BCUT2D eigenvalue weighted by molar-refractivity contribution is 0.662. The van der Waals surface area contributed by atoms with E-state index in [4.69, 9.17) is 0 Å². The summed E-state index contributed by atoms with van der Waals surface area (Å²) < 4.78 is 0. The van der Waals surface area contributed by atoms with E-state index in [2.05, 4.69) is 196 Å². The molecule has 1 heteroatoms. The molecular formula is C52H39N. The van der Waals surface area contributed by atoms with Crippen molar-refractivity contribution in [1.29, 1.82) is 0 Å². The standard InChI is InChI=1S/C52H39N/c1-51(2)45-29-34-16-9-8-15-33(34)27-43(45)44-28-35-22-24-39(26-37(35)31-46(44)51)53(38-18-6-5-7-19-38)50-41-21-13-11-17-36(41)30-47-48(50)42-25-23-32-14-10-12-20-40(32)49(42)52(47,3)4/h5-31H,1-4H3. The molecule has 2 aliphatic carbocycles. The van der Waals surface area contributed by atoms with Crippen LogP contribution in [0.1, 0.15) is 49.9 Å². The summed E-state index contributed by atoms with van der Waals surface area (Å²) in [6.45, 7) is 9.60. The van der Waals surface area contributed by atoms with Gasteiger partial charge in [0.1, 0.15) is 0 Å². The highest BCUT2D eigenvalue weighted by atomic mass is 15.1. The molecule has 0 aliphatic heterocycles. The Morgan fingerprint density at radius 3 is 1.64 bits per heavy atom. The fraction of sp³-hybridized carbons (Fsp3) is 0.115. The zero-order valence-corrected chi connectivity index (χ0v) is 30.5. The van der Waals surface area contributed by atoms with Crippen LogP contribution in [0.25, 0.3) is 65.3 Å². The summed E-state index contributed by atoms with van der Waals surface area (Å²) in [5.74, 6) is 0. The van der Waals surface area contributed by atoms with Crippen molar-refractivity contribution in [3.05, 3.63) is 186 Å². The van der Waals surface area contributed by atoms with Gasteiger partial charge in [-0.2, -0.15) is 0 Å². The molecule has 9 aromatic carbocycles. The molecular weight excluding hydrogens is 639 g/mol. The van der Waals surface area contributed by atoms with Crippen molar-refractivity contribution in [2.75, 3.05) is 4.90 Å². The molecule has 0 amide bonds. The fourth-order valence-corrected chi connectivity index (χ4v) is 9.89. The van der Waals surface area contributed by atoms with Gasteiger partial charge in [0, 0.05) is 33.2 Å². The van der Waals surface area contributed by atoms with Gasteiger partial charge in [0.2, 0.25) is 0 Å². The molecule has 0 bridgehead atoms. The molecule has 0 heterocycles. The molecule has 252 valence electrons. The Morgan fingerprint density at radius 2 is 0.906 bits per heavy atom. The van der Waals surface area contributed by atoms with E-state index in [0.717, 1.165) is 11.4 Å². The number of rotatable bonds is 3. The molecule has 0 radical (unpaired) electrons. The number of hydrogen-bond acceptors (Lipinski definition) is 1. The van der Waals surface area contributed by atoms with E-state index in [9.17, 15) is 0 Å². The van der Waals surface area contributed by atoms with Crippen molar-refractivity contribution in [2.24, 2.45) is 0 Å². The molecule has 53 heavy (non-hydrogen) atoms. The third-order valence-electron chi connectivity index (χ3n) is 12.5. The van der Waals surface area contributed by atoms with Crippen LogP contribution in [0, 0.1) is 0 Å². The van der Waals surface area contributed by atoms with Crippen molar-refractivity contribution in [3.8, 4) is 22.3 Å². The lowest BCUT2D eigenvalue weighted by atomic mass is 9.79. The van der Waals surface area contributed by atoms with Crippen molar-refractivity contribution < 1.29 is 0 Å². The van der Waals surface area contributed by atoms with Crippen molar-refractivity contribution >= 4 is 60.2 Å². The molecule has 0 N–H and O–H groups in total. The summed E-state index contributed by atoms with van der Waals surface area (Å²) >= 11 is 0. The second kappa shape index (κ2) is 10.7. The van der Waals surface area contributed by atoms with Crippen LogP contribution in [0.3, 0.4) is 0 Å². The summed E-state index contributed by atoms with van der Waals surface area (Å²) in [4.78, 5) is 2.53. The molecule has 1 nitrogen and oxygen atoms in total. The van der Waals surface area contributed by atoms with Gasteiger partial charge in [0.25, 0.3) is 0 Å². The monoisotopic (exact) mass is 677 g/mol. The second-order valence-electron chi connectivity index (χ2n) is 16.2. The Kier molecular flexibility index (Phi) is 6.14. The van der Waals surface area contributed by atoms with E-state index in [1.165, 1.54) is 93.3 Å². The SMILES string of the molecule is CC1(C)c2cc3ccccc3cc2-c2cc3ccc(N(c4ccccc4)c4c5c(cc6ccccc46)C(C)(C)c4c-5ccc5ccccc45)cc3cc21. The lowest BCUT2D eigenvalue weighted by Gasteiger charge is -2.31. The van der Waals surface area contributed by atoms with Gasteiger partial charge in [-0.15, -0.1) is 0 Å². The third-order valence-corrected chi connectivity index (χ3v) is 12.5. The highest BCUT2D eigenvalue weighted by molar-refractivity contribution is 6.12. The lowest BCUT2D eigenvalue weighted by Crippen LogP contribution is -2.17. The minimum absolute atomic E-state index is 0.105. The van der Waals surface area contributed by atoms with Crippen LogP contribution in [-0.4, -0.2) is 0 Å². The van der Waals surface area contributed by atoms with E-state index in [1.807, 2.05) is 0 Å². The molecule has 0 unspecified atom stereocenters. The van der Waals surface area contributed by atoms with Crippen molar-refractivity contribution in [1.82, 2.24) is 0 Å². The molecule has 0 fully saturated rings. The van der Waals surface area contributed by atoms with E-state index < -0.39 is 0 Å². The van der Waals surface area contributed by atoms with E-state index in [0.29, 0.717) is 0 Å². The Labute approximate surface area is 310 Å². The number of nitrogens with zero attached hydrogens (tertiary/aromatic N) is 1. The Morgan fingerprint density at radius 1 is 0.358 bits per heavy atom. The quantitative estimate of drug-likeness (QED) is 0.180. The third kappa shape index (κ3) is 4.20. The largest absolute Gasteiger partial charge is 0.309 e. The number of fused-ring (bicyclic) bond motifs is 11. The molecule has 0 saturated heterocycles. The van der Waals surface area contributed by atoms with Crippen LogP contribution in [0.15, 0.2) is 164 Å². The van der Waals surface area contributed by atoms with E-state index in [1.54, 1.807) is 0 Å². The maximum absolute atomic E-state index is 2.53. The van der Waals surface area contributed by atoms with E-state index >= 15 is 0 Å². The van der Waals surface area contributed by atoms with Crippen LogP contribution in [-0.2, 0) is 10.8 Å². The summed E-state index contributed by atoms with van der Waals surface area (Å²) in [6, 6.07) is 61.5. The summed E-state index contributed by atoms with van der Waals surface area (Å²) in [5.41, 5.74) is 14.2. The van der Waals surface area contributed by atoms with Gasteiger partial charge in [0.15, 0.2) is 0 Å². The molecule has 0 atom stereocenters. The van der Waals surface area contributed by atoms with Crippen LogP contribution in [0.2, 0.25) is 0 Å². The number of para-hydroxylation sites is 1. The average Bonchev–Trinajstić information content (AvgIpc) is 3.54. The van der Waals surface area contributed by atoms with Gasteiger partial charge in [-0.25, -0.2) is 0 Å². The highest BCUT2D eigenvalue weighted by Gasteiger charge is 2.41. The Bertz CT molecular complexity index is 3000. The first-order valence-corrected chi connectivity index (χ1v) is 18.8. The average molecular weight is 678 g/mol. The topological polar surface area (TPSA) is 3.24 Å². The van der Waals surface area contributed by atoms with Gasteiger partial charge in [0.05, 0.1) is 5.69 Å². The molecule has 11 rings (SSSR count). The molecule has 0 spiro atoms. The maximum Gasteiger partial charge on any atom is 0.0621 e. The molecule has 2 aliphatic rings. The van der Waals surface area contributed by atoms with Gasteiger partial charge in [-0.1, -0.05) is 137 Å². The number of anilines is 3. The van der Waals surface area contributed by atoms with Gasteiger partial charge < -0.3 is 4.90 Å². The van der Waals surface area contributed by atoms with Crippen molar-refractivity contribution in [3.63, 3.8) is 0 Å². The van der Waals surface area contributed by atoms with Crippen molar-refractivity contribution in [2.45, 2.75) is 38.5 Å². The summed E-state index contributed by atoms with van der Waals surface area (Å²) in [6.07, 6.45) is 0. The predicted octanol–water partition coefficient (Wildman–Crippen LogP) is 14.4. The maximum atomic E-state index is 2.53. The fourth-order valence-electron chi connectivity index (χ4n) is 9.89. The normalized spacial score (nSPS) is 14.7. The predicted molar refractivity (Wildman–Crippen MR) is 226 cm³/mol. The van der Waals surface area contributed by atoms with Gasteiger partial charge in [-0.3, -0.25) is 0 Å². The molecule has 0 aromatic heterocycles. The minimum Gasteiger partial charge on any atom is -0.309 e. The smallest absolute Gasteiger partial charge is 0.0621 e. The van der Waals surface area contributed by atoms with Gasteiger partial charge in [-0.05, 0) is 131 Å². The van der Waals surface area contributed by atoms with Gasteiger partial charge >= 0.3 is 0 Å². The first-order valence-electron chi connectivity index (χ1n) is 18.8. The van der Waals surface area contributed by atoms with E-state index in [-0.39, 0.29) is 10.8 Å². The highest BCUT2D eigenvalue weighted by Crippen LogP contribution is 2.58. The second-order valence-corrected chi connectivity index (χ2v) is 16.2. The minimum atomic E-state index is -0.179. The zero-order chi connectivity index (χ0) is 35.6. The Balaban J connectivity index is 1.18.